The molecule has 1 atom stereocenters. The lowest BCUT2D eigenvalue weighted by Gasteiger charge is -2.30. The lowest BCUT2D eigenvalue weighted by molar-refractivity contribution is -0.133. The molecule has 112 valence electrons. The van der Waals surface area contributed by atoms with Crippen LogP contribution in [0.3, 0.4) is 0 Å². The highest BCUT2D eigenvalue weighted by Gasteiger charge is 2.31. The van der Waals surface area contributed by atoms with Crippen LogP contribution in [0.15, 0.2) is 0 Å². The van der Waals surface area contributed by atoms with E-state index in [4.69, 9.17) is 4.74 Å². The first kappa shape index (κ1) is 16.4. The number of likely N-dealkylation sites (tertiary alicyclic amines) is 1. The molecule has 0 aliphatic carbocycles. The molecular weight excluding hydrogens is 244 g/mol. The van der Waals surface area contributed by atoms with Crippen molar-refractivity contribution in [2.24, 2.45) is 5.41 Å². The van der Waals surface area contributed by atoms with Crippen LogP contribution >= 0.6 is 0 Å². The second-order valence-electron chi connectivity index (χ2n) is 6.36. The van der Waals surface area contributed by atoms with Crippen LogP contribution in [-0.4, -0.2) is 73.9 Å². The summed E-state index contributed by atoms with van der Waals surface area (Å²) in [6.07, 6.45) is 1.15. The maximum atomic E-state index is 12.3. The SMILES string of the molecule is COCCN(C)CC(=O)N1CCC(O)CC(C)(C)C1. The number of aliphatic hydroxyl groups excluding tert-OH is 1. The fourth-order valence-corrected chi connectivity index (χ4v) is 2.58. The van der Waals surface area contributed by atoms with Crippen LogP contribution in [0.2, 0.25) is 0 Å². The van der Waals surface area contributed by atoms with E-state index in [2.05, 4.69) is 13.8 Å². The Morgan fingerprint density at radius 1 is 1.53 bits per heavy atom. The molecule has 1 aliphatic heterocycles. The molecule has 1 amide bonds. The van der Waals surface area contributed by atoms with E-state index >= 15 is 0 Å². The van der Waals surface area contributed by atoms with Crippen LogP contribution in [0.5, 0.6) is 0 Å². The third-order valence-electron chi connectivity index (χ3n) is 3.57. The molecule has 0 aromatic carbocycles. The van der Waals surface area contributed by atoms with Crippen molar-refractivity contribution in [1.29, 1.82) is 0 Å². The molecule has 0 aromatic rings. The highest BCUT2D eigenvalue weighted by Crippen LogP contribution is 2.28. The first-order valence-electron chi connectivity index (χ1n) is 6.97. The van der Waals surface area contributed by atoms with Crippen molar-refractivity contribution in [1.82, 2.24) is 9.80 Å². The third kappa shape index (κ3) is 5.89. The maximum Gasteiger partial charge on any atom is 0.236 e. The van der Waals surface area contributed by atoms with Gasteiger partial charge in [-0.1, -0.05) is 13.8 Å². The van der Waals surface area contributed by atoms with Crippen molar-refractivity contribution in [3.05, 3.63) is 0 Å². The summed E-state index contributed by atoms with van der Waals surface area (Å²) in [5.41, 5.74) is -0.0172. The van der Waals surface area contributed by atoms with Gasteiger partial charge >= 0.3 is 0 Å². The number of amides is 1. The van der Waals surface area contributed by atoms with Gasteiger partial charge < -0.3 is 14.7 Å². The van der Waals surface area contributed by atoms with E-state index in [0.717, 1.165) is 19.5 Å². The molecule has 0 radical (unpaired) electrons. The summed E-state index contributed by atoms with van der Waals surface area (Å²) < 4.78 is 5.01. The molecule has 5 heteroatoms. The average molecular weight is 272 g/mol. The predicted octanol–water partition coefficient (Wildman–Crippen LogP) is 0.574. The minimum Gasteiger partial charge on any atom is -0.393 e. The molecular formula is C14H28N2O3. The van der Waals surface area contributed by atoms with E-state index < -0.39 is 0 Å². The number of ether oxygens (including phenoxy) is 1. The molecule has 1 fully saturated rings. The van der Waals surface area contributed by atoms with Crippen LogP contribution in [0, 0.1) is 5.41 Å². The summed E-state index contributed by atoms with van der Waals surface area (Å²) in [6.45, 7) is 7.39. The summed E-state index contributed by atoms with van der Waals surface area (Å²) in [5.74, 6) is 0.140. The Kier molecular flexibility index (Phi) is 6.23. The second-order valence-corrected chi connectivity index (χ2v) is 6.36. The summed E-state index contributed by atoms with van der Waals surface area (Å²) in [4.78, 5) is 16.1. The van der Waals surface area contributed by atoms with Gasteiger partial charge in [-0.25, -0.2) is 0 Å². The van der Waals surface area contributed by atoms with Gasteiger partial charge in [-0.3, -0.25) is 9.69 Å². The second kappa shape index (κ2) is 7.22. The van der Waals surface area contributed by atoms with Gasteiger partial charge in [0.25, 0.3) is 0 Å². The van der Waals surface area contributed by atoms with Crippen LogP contribution in [0.1, 0.15) is 26.7 Å². The Bertz CT molecular complexity index is 294. The van der Waals surface area contributed by atoms with Crippen molar-refractivity contribution in [3.8, 4) is 0 Å². The normalized spacial score (nSPS) is 23.5. The minimum atomic E-state index is -0.293. The number of likely N-dealkylation sites (N-methyl/N-ethyl adjacent to an activating group) is 1. The third-order valence-corrected chi connectivity index (χ3v) is 3.57. The van der Waals surface area contributed by atoms with Crippen LogP contribution < -0.4 is 0 Å². The van der Waals surface area contributed by atoms with Crippen molar-refractivity contribution < 1.29 is 14.6 Å². The van der Waals surface area contributed by atoms with Gasteiger partial charge in [-0.2, -0.15) is 0 Å². The fraction of sp³-hybridized carbons (Fsp3) is 0.929. The zero-order valence-corrected chi connectivity index (χ0v) is 12.7. The van der Waals surface area contributed by atoms with Gasteiger partial charge in [-0.05, 0) is 25.3 Å². The zero-order valence-electron chi connectivity index (χ0n) is 12.7. The summed E-state index contributed by atoms with van der Waals surface area (Å²) in [7, 11) is 3.59. The van der Waals surface area contributed by atoms with Crippen molar-refractivity contribution in [3.63, 3.8) is 0 Å². The summed E-state index contributed by atoms with van der Waals surface area (Å²) >= 11 is 0. The van der Waals surface area contributed by atoms with Crippen LogP contribution in [0.4, 0.5) is 0 Å². The molecule has 1 heterocycles. The lowest BCUT2D eigenvalue weighted by atomic mass is 9.87. The number of methoxy groups -OCH3 is 1. The molecule has 1 saturated heterocycles. The van der Waals surface area contributed by atoms with Gasteiger partial charge in [-0.15, -0.1) is 0 Å². The summed E-state index contributed by atoms with van der Waals surface area (Å²) in [6, 6.07) is 0. The largest absolute Gasteiger partial charge is 0.393 e. The van der Waals surface area contributed by atoms with Gasteiger partial charge in [0.2, 0.25) is 5.91 Å². The Morgan fingerprint density at radius 2 is 2.21 bits per heavy atom. The quantitative estimate of drug-likeness (QED) is 0.795. The van der Waals surface area contributed by atoms with Crippen molar-refractivity contribution >= 4 is 5.91 Å². The molecule has 5 nitrogen and oxygen atoms in total. The maximum absolute atomic E-state index is 12.3. The van der Waals surface area contributed by atoms with Crippen LogP contribution in [0.25, 0.3) is 0 Å². The number of hydrogen-bond donors (Lipinski definition) is 1. The predicted molar refractivity (Wildman–Crippen MR) is 75.0 cm³/mol. The first-order valence-corrected chi connectivity index (χ1v) is 6.97. The van der Waals surface area contributed by atoms with E-state index in [1.54, 1.807) is 7.11 Å². The number of rotatable bonds is 5. The number of carbonyl (C=O) groups excluding carboxylic acids is 1. The standard InChI is InChI=1S/C14H28N2O3/c1-14(2)9-12(17)5-6-16(11-14)13(18)10-15(3)7-8-19-4/h12,17H,5-11H2,1-4H3. The van der Waals surface area contributed by atoms with E-state index in [1.165, 1.54) is 0 Å². The Hall–Kier alpha value is -0.650. The number of carbonyl (C=O) groups is 1. The summed E-state index contributed by atoms with van der Waals surface area (Å²) in [5, 5.41) is 9.86. The molecule has 1 rings (SSSR count). The van der Waals surface area contributed by atoms with Gasteiger partial charge in [0, 0.05) is 26.7 Å². The molecule has 0 aromatic heterocycles. The highest BCUT2D eigenvalue weighted by atomic mass is 16.5. The molecule has 1 unspecified atom stereocenters. The van der Waals surface area contributed by atoms with E-state index in [1.807, 2.05) is 16.8 Å². The molecule has 19 heavy (non-hydrogen) atoms. The van der Waals surface area contributed by atoms with Crippen LogP contribution in [-0.2, 0) is 9.53 Å². The van der Waals surface area contributed by atoms with Gasteiger partial charge in [0.05, 0.1) is 19.3 Å². The molecule has 0 saturated carbocycles. The zero-order chi connectivity index (χ0) is 14.5. The topological polar surface area (TPSA) is 53.0 Å². The Balaban J connectivity index is 2.51. The fourth-order valence-electron chi connectivity index (χ4n) is 2.58. The average Bonchev–Trinajstić information content (AvgIpc) is 2.44. The number of hydrogen-bond acceptors (Lipinski definition) is 4. The van der Waals surface area contributed by atoms with E-state index in [-0.39, 0.29) is 17.4 Å². The Morgan fingerprint density at radius 3 is 2.84 bits per heavy atom. The minimum absolute atomic E-state index is 0.0172. The van der Waals surface area contributed by atoms with E-state index in [0.29, 0.717) is 26.1 Å². The number of nitrogens with zero attached hydrogens (tertiary/aromatic N) is 2. The highest BCUT2D eigenvalue weighted by molar-refractivity contribution is 5.78. The van der Waals surface area contributed by atoms with Crippen molar-refractivity contribution in [2.75, 3.05) is 46.9 Å². The molecule has 1 N–H and O–H groups in total. The Labute approximate surface area is 116 Å². The lowest BCUT2D eigenvalue weighted by Crippen LogP contribution is -2.43. The molecule has 0 bridgehead atoms. The van der Waals surface area contributed by atoms with Crippen molar-refractivity contribution in [2.45, 2.75) is 32.8 Å². The molecule has 1 aliphatic rings. The first-order chi connectivity index (χ1) is 8.84. The van der Waals surface area contributed by atoms with Gasteiger partial charge in [0.15, 0.2) is 0 Å². The number of aliphatic hydroxyl groups is 1. The van der Waals surface area contributed by atoms with E-state index in [9.17, 15) is 9.90 Å². The monoisotopic (exact) mass is 272 g/mol. The smallest absolute Gasteiger partial charge is 0.236 e. The molecule has 0 spiro atoms. The van der Waals surface area contributed by atoms with Gasteiger partial charge in [0.1, 0.15) is 0 Å².